The van der Waals surface area contributed by atoms with Gasteiger partial charge >= 0.3 is 0 Å². The average molecular weight is 276 g/mol. The third-order valence-corrected chi connectivity index (χ3v) is 2.76. The molecule has 0 saturated heterocycles. The van der Waals surface area contributed by atoms with Crippen LogP contribution in [0.25, 0.3) is 0 Å². The van der Waals surface area contributed by atoms with Crippen molar-refractivity contribution in [1.29, 1.82) is 0 Å². The molecule has 1 aromatic rings. The Balaban J connectivity index is 2.55. The van der Waals surface area contributed by atoms with Crippen molar-refractivity contribution in [1.82, 2.24) is 0 Å². The third-order valence-electron chi connectivity index (χ3n) is 2.76. The summed E-state index contributed by atoms with van der Waals surface area (Å²) in [6.45, 7) is 10.1. The number of benzene rings is 1. The van der Waals surface area contributed by atoms with Crippen LogP contribution >= 0.6 is 0 Å². The fraction of sp³-hybridized carbons (Fsp3) is 0.312. The molecule has 0 amide bonds. The number of halogens is 1. The zero-order valence-corrected chi connectivity index (χ0v) is 12.2. The maximum absolute atomic E-state index is 12.9. The molecule has 0 atom stereocenters. The highest BCUT2D eigenvalue weighted by molar-refractivity contribution is 5.49. The van der Waals surface area contributed by atoms with Gasteiger partial charge in [0.25, 0.3) is 0 Å². The molecular formula is C16H21FN2O. The van der Waals surface area contributed by atoms with E-state index in [4.69, 9.17) is 10.5 Å². The van der Waals surface area contributed by atoms with Crippen LogP contribution < -0.4 is 5.73 Å². The highest BCUT2D eigenvalue weighted by Crippen LogP contribution is 2.22. The third kappa shape index (κ3) is 4.88. The van der Waals surface area contributed by atoms with Crippen molar-refractivity contribution in [2.75, 3.05) is 0 Å². The minimum absolute atomic E-state index is 0.127. The fourth-order valence-electron chi connectivity index (χ4n) is 1.49. The Kier molecular flexibility index (Phi) is 5.50. The molecule has 20 heavy (non-hydrogen) atoms. The number of nitrogens with zero attached hydrogens (tertiary/aromatic N) is 1. The second kappa shape index (κ2) is 6.89. The first-order valence-electron chi connectivity index (χ1n) is 6.36. The lowest BCUT2D eigenvalue weighted by molar-refractivity contribution is 0.307. The number of allylic oxidation sites excluding steroid dienone is 2. The van der Waals surface area contributed by atoms with Gasteiger partial charge in [-0.15, -0.1) is 0 Å². The van der Waals surface area contributed by atoms with Gasteiger partial charge in [-0.2, -0.15) is 0 Å². The monoisotopic (exact) mass is 276 g/mol. The molecule has 0 fully saturated rings. The van der Waals surface area contributed by atoms with Gasteiger partial charge in [0, 0.05) is 0 Å². The zero-order chi connectivity index (χ0) is 15.2. The standard InChI is InChI=1S/C16H21FN2O/c1-5-14(17)15(18)19-11-20-10-12-6-8-13(9-7-12)16(2,3)4/h5-9,11H,1,10,18H2,2-4H3/b15-14+,19-11?. The molecule has 0 unspecified atom stereocenters. The van der Waals surface area contributed by atoms with E-state index < -0.39 is 5.83 Å². The highest BCUT2D eigenvalue weighted by atomic mass is 19.1. The lowest BCUT2D eigenvalue weighted by atomic mass is 9.87. The summed E-state index contributed by atoms with van der Waals surface area (Å²) in [5, 5.41) is 0. The van der Waals surface area contributed by atoms with Crippen LogP contribution in [0.3, 0.4) is 0 Å². The Morgan fingerprint density at radius 2 is 1.95 bits per heavy atom. The molecule has 1 aromatic carbocycles. The number of rotatable bonds is 5. The number of hydrogen-bond acceptors (Lipinski definition) is 3. The summed E-state index contributed by atoms with van der Waals surface area (Å²) in [5.41, 5.74) is 7.73. The maximum atomic E-state index is 12.9. The minimum Gasteiger partial charge on any atom is -0.478 e. The minimum atomic E-state index is -0.667. The summed E-state index contributed by atoms with van der Waals surface area (Å²) >= 11 is 0. The topological polar surface area (TPSA) is 47.6 Å². The van der Waals surface area contributed by atoms with E-state index in [9.17, 15) is 4.39 Å². The summed E-state index contributed by atoms with van der Waals surface area (Å²) in [6, 6.07) is 8.14. The largest absolute Gasteiger partial charge is 0.478 e. The van der Waals surface area contributed by atoms with E-state index in [-0.39, 0.29) is 11.2 Å². The van der Waals surface area contributed by atoms with Crippen molar-refractivity contribution in [3.05, 3.63) is 59.7 Å². The number of ether oxygens (including phenoxy) is 1. The molecule has 0 aliphatic rings. The number of nitrogens with two attached hydrogens (primary N) is 1. The second-order valence-electron chi connectivity index (χ2n) is 5.43. The number of aliphatic imine (C=N–C) groups is 1. The van der Waals surface area contributed by atoms with Crippen molar-refractivity contribution >= 4 is 6.40 Å². The summed E-state index contributed by atoms with van der Waals surface area (Å²) in [6.07, 6.45) is 2.13. The Morgan fingerprint density at radius 3 is 2.45 bits per heavy atom. The highest BCUT2D eigenvalue weighted by Gasteiger charge is 2.12. The summed E-state index contributed by atoms with van der Waals surface area (Å²) in [7, 11) is 0. The molecule has 0 radical (unpaired) electrons. The lowest BCUT2D eigenvalue weighted by Crippen LogP contribution is -2.10. The zero-order valence-electron chi connectivity index (χ0n) is 12.2. The molecule has 3 nitrogen and oxygen atoms in total. The molecule has 4 heteroatoms. The summed E-state index contributed by atoms with van der Waals surface area (Å²) < 4.78 is 18.1. The van der Waals surface area contributed by atoms with Crippen molar-refractivity contribution < 1.29 is 9.13 Å². The molecule has 0 bridgehead atoms. The van der Waals surface area contributed by atoms with Gasteiger partial charge in [0.1, 0.15) is 6.61 Å². The SMILES string of the molecule is C=C/C(F)=C(/N)N=COCc1ccc(C(C)(C)C)cc1. The average Bonchev–Trinajstić information content (AvgIpc) is 2.42. The van der Waals surface area contributed by atoms with Crippen LogP contribution in [0.1, 0.15) is 31.9 Å². The Morgan fingerprint density at radius 1 is 1.35 bits per heavy atom. The van der Waals surface area contributed by atoms with Gasteiger partial charge in [0.15, 0.2) is 18.0 Å². The molecule has 0 aliphatic carbocycles. The van der Waals surface area contributed by atoms with Gasteiger partial charge in [-0.25, -0.2) is 9.38 Å². The normalized spacial score (nSPS) is 13.2. The van der Waals surface area contributed by atoms with E-state index in [0.29, 0.717) is 6.61 Å². The van der Waals surface area contributed by atoms with Crippen molar-refractivity contribution in [3.63, 3.8) is 0 Å². The van der Waals surface area contributed by atoms with Crippen LogP contribution in [0.2, 0.25) is 0 Å². The molecule has 0 aromatic heterocycles. The van der Waals surface area contributed by atoms with Crippen LogP contribution in [0.15, 0.2) is 53.6 Å². The van der Waals surface area contributed by atoms with Gasteiger partial charge in [0.05, 0.1) is 0 Å². The van der Waals surface area contributed by atoms with E-state index >= 15 is 0 Å². The van der Waals surface area contributed by atoms with E-state index in [1.165, 1.54) is 5.56 Å². The van der Waals surface area contributed by atoms with E-state index in [0.717, 1.165) is 18.0 Å². The van der Waals surface area contributed by atoms with Crippen molar-refractivity contribution in [3.8, 4) is 0 Å². The van der Waals surface area contributed by atoms with E-state index in [1.807, 2.05) is 12.1 Å². The molecule has 1 rings (SSSR count). The molecular weight excluding hydrogens is 255 g/mol. The molecule has 0 heterocycles. The second-order valence-corrected chi connectivity index (χ2v) is 5.43. The molecule has 108 valence electrons. The van der Waals surface area contributed by atoms with Crippen LogP contribution in [0.4, 0.5) is 4.39 Å². The fourth-order valence-corrected chi connectivity index (χ4v) is 1.49. The van der Waals surface area contributed by atoms with Gasteiger partial charge in [0.2, 0.25) is 0 Å². The van der Waals surface area contributed by atoms with Gasteiger partial charge in [-0.1, -0.05) is 51.6 Å². The summed E-state index contributed by atoms with van der Waals surface area (Å²) in [5.74, 6) is -0.914. The van der Waals surface area contributed by atoms with Crippen molar-refractivity contribution in [2.24, 2.45) is 10.7 Å². The Hall–Kier alpha value is -2.10. The first-order valence-corrected chi connectivity index (χ1v) is 6.36. The first-order chi connectivity index (χ1) is 9.34. The Bertz CT molecular complexity index is 510. The van der Waals surface area contributed by atoms with Gasteiger partial charge in [-0.05, 0) is 22.6 Å². The van der Waals surface area contributed by atoms with Crippen LogP contribution in [0, 0.1) is 0 Å². The maximum Gasteiger partial charge on any atom is 0.176 e. The summed E-state index contributed by atoms with van der Waals surface area (Å²) in [4.78, 5) is 3.63. The predicted molar refractivity (Wildman–Crippen MR) is 80.9 cm³/mol. The van der Waals surface area contributed by atoms with Gasteiger partial charge in [-0.3, -0.25) is 0 Å². The Labute approximate surface area is 119 Å². The predicted octanol–water partition coefficient (Wildman–Crippen LogP) is 3.81. The smallest absolute Gasteiger partial charge is 0.176 e. The van der Waals surface area contributed by atoms with E-state index in [1.54, 1.807) is 0 Å². The molecule has 0 spiro atoms. The van der Waals surface area contributed by atoms with Crippen LogP contribution in [-0.4, -0.2) is 6.40 Å². The van der Waals surface area contributed by atoms with E-state index in [2.05, 4.69) is 44.5 Å². The first kappa shape index (κ1) is 16.0. The van der Waals surface area contributed by atoms with Gasteiger partial charge < -0.3 is 10.5 Å². The lowest BCUT2D eigenvalue weighted by Gasteiger charge is -2.19. The van der Waals surface area contributed by atoms with Crippen LogP contribution in [0.5, 0.6) is 0 Å². The quantitative estimate of drug-likeness (QED) is 0.505. The number of hydrogen-bond donors (Lipinski definition) is 1. The van der Waals surface area contributed by atoms with Crippen molar-refractivity contribution in [2.45, 2.75) is 32.8 Å². The van der Waals surface area contributed by atoms with Crippen LogP contribution in [-0.2, 0) is 16.8 Å². The molecule has 0 saturated carbocycles. The molecule has 2 N–H and O–H groups in total. The molecule has 0 aliphatic heterocycles.